The van der Waals surface area contributed by atoms with Crippen LogP contribution in [0.4, 0.5) is 4.79 Å². The van der Waals surface area contributed by atoms with Gasteiger partial charge in [0.25, 0.3) is 0 Å². The van der Waals surface area contributed by atoms with Crippen LogP contribution in [0.15, 0.2) is 90.6 Å². The molecule has 1 aliphatic carbocycles. The smallest absolute Gasteiger partial charge is 0.320 e. The van der Waals surface area contributed by atoms with Gasteiger partial charge < -0.3 is 14.5 Å². The molecule has 40 heavy (non-hydrogen) atoms. The van der Waals surface area contributed by atoms with Crippen molar-refractivity contribution in [1.82, 2.24) is 9.80 Å². The van der Waals surface area contributed by atoms with Crippen molar-refractivity contribution in [1.29, 1.82) is 0 Å². The average molecular weight is 545 g/mol. The minimum atomic E-state index is 0.0640. The van der Waals surface area contributed by atoms with Crippen LogP contribution in [0, 0.1) is 11.3 Å². The summed E-state index contributed by atoms with van der Waals surface area (Å²) in [6.45, 7) is 20.2. The number of urea groups is 1. The van der Waals surface area contributed by atoms with Crippen LogP contribution in [-0.2, 0) is 12.8 Å². The second-order valence-electron chi connectivity index (χ2n) is 10.9. The first-order valence-electron chi connectivity index (χ1n) is 15.0. The lowest BCUT2D eigenvalue weighted by molar-refractivity contribution is 0.200. The molecule has 0 aromatic heterocycles. The molecule has 218 valence electrons. The number of benzene rings is 2. The van der Waals surface area contributed by atoms with Gasteiger partial charge in [0, 0.05) is 26.7 Å². The first-order valence-corrected chi connectivity index (χ1v) is 15.0. The normalized spacial score (nSPS) is 17.6. The number of carbonyl (C=O) groups excluding carboxylic acids is 1. The standard InChI is InChI=1S/C21H26O.C13H20N2O.C2H6/c1-5-22-20-13-11-19(12-14-20)16-21(4,17(2)3)15-18-9-7-6-8-10-18;1-3-11-6-4-5-7-12(11)10-15-9-8-14(2)13(15)16;1-2/h6-14H,2,5,15-16H2,1,3-4H3;4-5,7,11H,3,6,8-10H2,1-2H3;1-2H3/t21-;;/m0../s1. The van der Waals surface area contributed by atoms with Crippen LogP contribution in [0.3, 0.4) is 0 Å². The van der Waals surface area contributed by atoms with Crippen molar-refractivity contribution in [3.05, 3.63) is 102 Å². The second-order valence-corrected chi connectivity index (χ2v) is 10.9. The molecule has 2 aromatic rings. The Morgan fingerprint density at radius 1 is 1.00 bits per heavy atom. The Morgan fingerprint density at radius 2 is 1.62 bits per heavy atom. The van der Waals surface area contributed by atoms with Gasteiger partial charge in [0.15, 0.2) is 0 Å². The molecule has 1 aliphatic heterocycles. The minimum absolute atomic E-state index is 0.0640. The van der Waals surface area contributed by atoms with Crippen molar-refractivity contribution in [2.24, 2.45) is 11.3 Å². The van der Waals surface area contributed by atoms with Crippen molar-refractivity contribution in [2.75, 3.05) is 33.3 Å². The number of likely N-dealkylation sites (N-methyl/N-ethyl adjacent to an activating group) is 1. The van der Waals surface area contributed by atoms with Gasteiger partial charge in [-0.3, -0.25) is 0 Å². The van der Waals surface area contributed by atoms with E-state index in [4.69, 9.17) is 4.74 Å². The van der Waals surface area contributed by atoms with Crippen LogP contribution in [0.25, 0.3) is 0 Å². The van der Waals surface area contributed by atoms with E-state index in [0.717, 1.165) is 51.1 Å². The zero-order chi connectivity index (χ0) is 29.5. The van der Waals surface area contributed by atoms with E-state index in [0.29, 0.717) is 12.5 Å². The summed E-state index contributed by atoms with van der Waals surface area (Å²) in [5, 5.41) is 0. The van der Waals surface area contributed by atoms with Crippen LogP contribution < -0.4 is 4.74 Å². The molecule has 2 aliphatic rings. The van der Waals surface area contributed by atoms with Crippen LogP contribution in [0.5, 0.6) is 5.75 Å². The number of nitrogens with zero attached hydrogens (tertiary/aromatic N) is 2. The summed E-state index contributed by atoms with van der Waals surface area (Å²) in [6, 6.07) is 19.3. The Labute approximate surface area is 244 Å². The first kappa shape index (κ1) is 32.9. The summed E-state index contributed by atoms with van der Waals surface area (Å²) in [6.07, 6.45) is 10.8. The van der Waals surface area contributed by atoms with Gasteiger partial charge in [-0.15, -0.1) is 0 Å². The van der Waals surface area contributed by atoms with Crippen molar-refractivity contribution in [3.8, 4) is 5.75 Å². The van der Waals surface area contributed by atoms with E-state index in [1.165, 1.54) is 22.3 Å². The van der Waals surface area contributed by atoms with Gasteiger partial charge in [0.2, 0.25) is 0 Å². The molecule has 0 radical (unpaired) electrons. The van der Waals surface area contributed by atoms with Gasteiger partial charge in [-0.05, 0) is 79.7 Å². The van der Waals surface area contributed by atoms with Crippen LogP contribution in [0.1, 0.15) is 65.5 Å². The predicted octanol–water partition coefficient (Wildman–Crippen LogP) is 8.75. The number of ether oxygens (including phenoxy) is 1. The number of allylic oxidation sites excluding steroid dienone is 4. The second kappa shape index (κ2) is 16.7. The van der Waals surface area contributed by atoms with E-state index in [1.807, 2.05) is 32.7 Å². The molecule has 2 aromatic carbocycles. The molecule has 2 atom stereocenters. The Morgan fingerprint density at radius 3 is 2.15 bits per heavy atom. The highest BCUT2D eigenvalue weighted by Crippen LogP contribution is 2.34. The molecule has 0 bridgehead atoms. The van der Waals surface area contributed by atoms with Gasteiger partial charge in [0.1, 0.15) is 5.75 Å². The highest BCUT2D eigenvalue weighted by atomic mass is 16.5. The predicted molar refractivity (Wildman–Crippen MR) is 171 cm³/mol. The van der Waals surface area contributed by atoms with Crippen molar-refractivity contribution in [3.63, 3.8) is 0 Å². The Kier molecular flexibility index (Phi) is 13.8. The molecule has 1 unspecified atom stereocenters. The summed E-state index contributed by atoms with van der Waals surface area (Å²) in [7, 11) is 1.87. The molecule has 2 amide bonds. The van der Waals surface area contributed by atoms with Gasteiger partial charge in [-0.25, -0.2) is 4.79 Å². The van der Waals surface area contributed by atoms with E-state index in [9.17, 15) is 4.79 Å². The summed E-state index contributed by atoms with van der Waals surface area (Å²) in [5.74, 6) is 1.56. The zero-order valence-corrected chi connectivity index (χ0v) is 26.1. The molecule has 0 N–H and O–H groups in total. The van der Waals surface area contributed by atoms with Gasteiger partial charge in [0.05, 0.1) is 6.61 Å². The Hall–Kier alpha value is -3.27. The molecular formula is C36H52N2O2. The van der Waals surface area contributed by atoms with Gasteiger partial charge >= 0.3 is 6.03 Å². The minimum Gasteiger partial charge on any atom is -0.494 e. The molecule has 0 saturated carbocycles. The Bertz CT molecular complexity index is 1100. The van der Waals surface area contributed by atoms with Crippen LogP contribution >= 0.6 is 0 Å². The molecule has 4 nitrogen and oxygen atoms in total. The monoisotopic (exact) mass is 544 g/mol. The summed E-state index contributed by atoms with van der Waals surface area (Å²) in [4.78, 5) is 15.5. The summed E-state index contributed by atoms with van der Waals surface area (Å²) >= 11 is 0. The largest absolute Gasteiger partial charge is 0.494 e. The van der Waals surface area contributed by atoms with E-state index in [2.05, 4.69) is 100 Å². The molecule has 1 saturated heterocycles. The van der Waals surface area contributed by atoms with E-state index in [1.54, 1.807) is 4.90 Å². The molecule has 0 spiro atoms. The number of rotatable bonds is 10. The fourth-order valence-corrected chi connectivity index (χ4v) is 5.13. The first-order chi connectivity index (χ1) is 19.3. The maximum absolute atomic E-state index is 11.8. The fraction of sp³-hybridized carbons (Fsp3) is 0.472. The highest BCUT2D eigenvalue weighted by Gasteiger charge is 2.28. The van der Waals surface area contributed by atoms with Crippen LogP contribution in [0.2, 0.25) is 0 Å². The quantitative estimate of drug-likeness (QED) is 0.280. The van der Waals surface area contributed by atoms with E-state index in [-0.39, 0.29) is 11.4 Å². The highest BCUT2D eigenvalue weighted by molar-refractivity contribution is 5.76. The molecule has 1 fully saturated rings. The number of hydrogen-bond donors (Lipinski definition) is 0. The third-order valence-electron chi connectivity index (χ3n) is 7.86. The topological polar surface area (TPSA) is 32.8 Å². The third kappa shape index (κ3) is 9.73. The molecular weight excluding hydrogens is 492 g/mol. The lowest BCUT2D eigenvalue weighted by atomic mass is 9.74. The van der Waals surface area contributed by atoms with E-state index >= 15 is 0 Å². The lowest BCUT2D eigenvalue weighted by Crippen LogP contribution is -2.32. The molecule has 1 heterocycles. The SMILES string of the molecule is C=C(C)[C@@](C)(Cc1ccccc1)Cc1ccc(OCC)cc1.CC.CCC1CC=CC=C1CN1CCN(C)C1=O. The van der Waals surface area contributed by atoms with Crippen molar-refractivity contribution >= 4 is 6.03 Å². The summed E-state index contributed by atoms with van der Waals surface area (Å²) in [5.41, 5.74) is 5.39. The maximum atomic E-state index is 11.8. The van der Waals surface area contributed by atoms with Gasteiger partial charge in [-0.2, -0.15) is 0 Å². The van der Waals surface area contributed by atoms with Crippen molar-refractivity contribution in [2.45, 2.75) is 67.2 Å². The lowest BCUT2D eigenvalue weighted by Gasteiger charge is -2.31. The third-order valence-corrected chi connectivity index (χ3v) is 7.86. The number of hydrogen-bond acceptors (Lipinski definition) is 2. The van der Waals surface area contributed by atoms with E-state index < -0.39 is 0 Å². The maximum Gasteiger partial charge on any atom is 0.320 e. The van der Waals surface area contributed by atoms with Crippen LogP contribution in [-0.4, -0.2) is 49.1 Å². The molecule has 4 rings (SSSR count). The van der Waals surface area contributed by atoms with Crippen molar-refractivity contribution < 1.29 is 9.53 Å². The zero-order valence-electron chi connectivity index (χ0n) is 26.1. The molecule has 4 heteroatoms. The Balaban J connectivity index is 0.000000275. The van der Waals surface area contributed by atoms with Gasteiger partial charge in [-0.1, -0.05) is 101 Å². The summed E-state index contributed by atoms with van der Waals surface area (Å²) < 4.78 is 5.52. The number of amides is 2. The fourth-order valence-electron chi connectivity index (χ4n) is 5.13. The average Bonchev–Trinajstić information content (AvgIpc) is 3.28. The number of carbonyl (C=O) groups is 1.